The van der Waals surface area contributed by atoms with E-state index in [9.17, 15) is 9.59 Å². The predicted molar refractivity (Wildman–Crippen MR) is 63.9 cm³/mol. The van der Waals surface area contributed by atoms with Gasteiger partial charge in [0.15, 0.2) is 0 Å². The van der Waals surface area contributed by atoms with Crippen molar-refractivity contribution in [1.29, 1.82) is 0 Å². The van der Waals surface area contributed by atoms with Crippen molar-refractivity contribution in [2.75, 3.05) is 13.1 Å². The van der Waals surface area contributed by atoms with Crippen molar-refractivity contribution in [2.45, 2.75) is 19.8 Å². The largest absolute Gasteiger partial charge is 0.481 e. The average Bonchev–Trinajstić information content (AvgIpc) is 2.94. The van der Waals surface area contributed by atoms with Crippen molar-refractivity contribution in [3.8, 4) is 0 Å². The van der Waals surface area contributed by atoms with E-state index in [1.54, 1.807) is 17.2 Å². The van der Waals surface area contributed by atoms with Gasteiger partial charge in [0.25, 0.3) is 0 Å². The Morgan fingerprint density at radius 2 is 2.28 bits per heavy atom. The smallest absolute Gasteiger partial charge is 0.308 e. The lowest BCUT2D eigenvalue weighted by Crippen LogP contribution is -2.30. The second-order valence-electron chi connectivity index (χ2n) is 4.80. The van der Waals surface area contributed by atoms with Gasteiger partial charge in [-0.2, -0.15) is 0 Å². The zero-order valence-corrected chi connectivity index (χ0v) is 10.3. The summed E-state index contributed by atoms with van der Waals surface area (Å²) in [5.74, 6) is -0.441. The number of furan rings is 1. The number of carbonyl (C=O) groups excluding carboxylic acids is 1. The Hall–Kier alpha value is -1.78. The highest BCUT2D eigenvalue weighted by molar-refractivity contribution is 5.79. The van der Waals surface area contributed by atoms with Crippen LogP contribution in [0.5, 0.6) is 0 Å². The Balaban J connectivity index is 1.85. The second-order valence-corrected chi connectivity index (χ2v) is 4.80. The molecule has 2 heterocycles. The first-order chi connectivity index (χ1) is 8.58. The first-order valence-electron chi connectivity index (χ1n) is 6.11. The number of nitrogens with zero attached hydrogens (tertiary/aromatic N) is 1. The number of carboxylic acids is 1. The van der Waals surface area contributed by atoms with Gasteiger partial charge in [0.05, 0.1) is 12.2 Å². The van der Waals surface area contributed by atoms with E-state index in [2.05, 4.69) is 0 Å². The Kier molecular flexibility index (Phi) is 3.69. The lowest BCUT2D eigenvalue weighted by molar-refractivity contribution is -0.142. The molecule has 1 aromatic rings. The van der Waals surface area contributed by atoms with Gasteiger partial charge in [-0.25, -0.2) is 0 Å². The van der Waals surface area contributed by atoms with Gasteiger partial charge in [0.1, 0.15) is 5.76 Å². The summed E-state index contributed by atoms with van der Waals surface area (Å²) in [7, 11) is 0. The molecule has 5 nitrogen and oxygen atoms in total. The molecule has 0 radical (unpaired) electrons. The van der Waals surface area contributed by atoms with Crippen molar-refractivity contribution in [3.05, 3.63) is 24.2 Å². The summed E-state index contributed by atoms with van der Waals surface area (Å²) < 4.78 is 5.16. The number of likely N-dealkylation sites (tertiary alicyclic amines) is 1. The summed E-state index contributed by atoms with van der Waals surface area (Å²) in [4.78, 5) is 24.6. The maximum Gasteiger partial charge on any atom is 0.308 e. The standard InChI is InChI=1S/C13H17NO4/c1-9-7-14(8-11(9)13(16)17)12(15)5-4-10-3-2-6-18-10/h2-3,6,9,11H,4-5,7-8H2,1H3,(H,16,17)/t9-,11-/m1/s1. The van der Waals surface area contributed by atoms with Crippen molar-refractivity contribution < 1.29 is 19.1 Å². The van der Waals surface area contributed by atoms with Crippen LogP contribution >= 0.6 is 0 Å². The molecule has 2 atom stereocenters. The molecule has 0 aromatic carbocycles. The summed E-state index contributed by atoms with van der Waals surface area (Å²) in [6.45, 7) is 2.74. The van der Waals surface area contributed by atoms with Crippen molar-refractivity contribution >= 4 is 11.9 Å². The van der Waals surface area contributed by atoms with Gasteiger partial charge < -0.3 is 14.4 Å². The molecule has 1 amide bonds. The van der Waals surface area contributed by atoms with E-state index < -0.39 is 11.9 Å². The first-order valence-corrected chi connectivity index (χ1v) is 6.11. The molecular weight excluding hydrogens is 234 g/mol. The fourth-order valence-electron chi connectivity index (χ4n) is 2.33. The molecule has 1 aromatic heterocycles. The molecule has 5 heteroatoms. The van der Waals surface area contributed by atoms with Crippen LogP contribution in [0.2, 0.25) is 0 Å². The zero-order valence-electron chi connectivity index (χ0n) is 10.3. The zero-order chi connectivity index (χ0) is 13.1. The monoisotopic (exact) mass is 251 g/mol. The van der Waals surface area contributed by atoms with Gasteiger partial charge in [-0.3, -0.25) is 9.59 Å². The number of aryl methyl sites for hydroxylation is 1. The SMILES string of the molecule is C[C@@H]1CN(C(=O)CCc2ccco2)C[C@H]1C(=O)O. The third-order valence-electron chi connectivity index (χ3n) is 3.45. The molecule has 0 unspecified atom stereocenters. The van der Waals surface area contributed by atoms with E-state index >= 15 is 0 Å². The van der Waals surface area contributed by atoms with Crippen molar-refractivity contribution in [3.63, 3.8) is 0 Å². The first kappa shape index (κ1) is 12.7. The highest BCUT2D eigenvalue weighted by Crippen LogP contribution is 2.23. The van der Waals surface area contributed by atoms with Crippen LogP contribution in [0.1, 0.15) is 19.1 Å². The Morgan fingerprint density at radius 1 is 1.50 bits per heavy atom. The minimum absolute atomic E-state index is 0.00185. The Morgan fingerprint density at radius 3 is 2.83 bits per heavy atom. The molecule has 1 N–H and O–H groups in total. The van der Waals surface area contributed by atoms with Crippen LogP contribution < -0.4 is 0 Å². The van der Waals surface area contributed by atoms with Gasteiger partial charge in [-0.15, -0.1) is 0 Å². The minimum atomic E-state index is -0.816. The van der Waals surface area contributed by atoms with Gasteiger partial charge in [0.2, 0.25) is 5.91 Å². The molecule has 1 aliphatic heterocycles. The summed E-state index contributed by atoms with van der Waals surface area (Å²) in [5, 5.41) is 9.01. The third-order valence-corrected chi connectivity index (χ3v) is 3.45. The van der Waals surface area contributed by atoms with Gasteiger partial charge >= 0.3 is 5.97 Å². The fourth-order valence-corrected chi connectivity index (χ4v) is 2.33. The molecule has 18 heavy (non-hydrogen) atoms. The number of hydrogen-bond acceptors (Lipinski definition) is 3. The minimum Gasteiger partial charge on any atom is -0.481 e. The maximum absolute atomic E-state index is 11.9. The topological polar surface area (TPSA) is 70.8 Å². The molecule has 0 spiro atoms. The van der Waals surface area contributed by atoms with Gasteiger partial charge in [0, 0.05) is 25.9 Å². The van der Waals surface area contributed by atoms with Crippen molar-refractivity contribution in [1.82, 2.24) is 4.90 Å². The number of hydrogen-bond donors (Lipinski definition) is 1. The van der Waals surface area contributed by atoms with Crippen molar-refractivity contribution in [2.24, 2.45) is 11.8 Å². The van der Waals surface area contributed by atoms with Crippen LogP contribution in [0.15, 0.2) is 22.8 Å². The number of rotatable bonds is 4. The molecule has 0 saturated carbocycles. The van der Waals surface area contributed by atoms with Crippen LogP contribution in [0, 0.1) is 11.8 Å². The molecule has 2 rings (SSSR count). The molecule has 0 bridgehead atoms. The Labute approximate surface area is 105 Å². The van der Waals surface area contributed by atoms with Gasteiger partial charge in [-0.05, 0) is 18.1 Å². The highest BCUT2D eigenvalue weighted by atomic mass is 16.4. The Bertz CT molecular complexity index is 426. The van der Waals surface area contributed by atoms with Crippen LogP contribution in [-0.4, -0.2) is 35.0 Å². The van der Waals surface area contributed by atoms with Gasteiger partial charge in [-0.1, -0.05) is 6.92 Å². The summed E-state index contributed by atoms with van der Waals surface area (Å²) >= 11 is 0. The lowest BCUT2D eigenvalue weighted by atomic mass is 9.99. The number of amides is 1. The van der Waals surface area contributed by atoms with Crippen LogP contribution in [0.25, 0.3) is 0 Å². The number of aliphatic carboxylic acids is 1. The molecule has 1 fully saturated rings. The van der Waals surface area contributed by atoms with E-state index in [-0.39, 0.29) is 11.8 Å². The van der Waals surface area contributed by atoms with E-state index in [0.717, 1.165) is 5.76 Å². The number of carbonyl (C=O) groups is 2. The van der Waals surface area contributed by atoms with Crippen LogP contribution in [-0.2, 0) is 16.0 Å². The molecule has 98 valence electrons. The fraction of sp³-hybridized carbons (Fsp3) is 0.538. The lowest BCUT2D eigenvalue weighted by Gasteiger charge is -2.15. The van der Waals surface area contributed by atoms with E-state index in [4.69, 9.17) is 9.52 Å². The van der Waals surface area contributed by atoms with E-state index in [0.29, 0.717) is 25.9 Å². The molecule has 0 aliphatic carbocycles. The average molecular weight is 251 g/mol. The van der Waals surface area contributed by atoms with Crippen LogP contribution in [0.4, 0.5) is 0 Å². The molecular formula is C13H17NO4. The van der Waals surface area contributed by atoms with E-state index in [1.165, 1.54) is 0 Å². The molecule has 1 aliphatic rings. The normalized spacial score (nSPS) is 23.3. The third kappa shape index (κ3) is 2.72. The molecule has 1 saturated heterocycles. The highest BCUT2D eigenvalue weighted by Gasteiger charge is 2.36. The maximum atomic E-state index is 11.9. The summed E-state index contributed by atoms with van der Waals surface area (Å²) in [6.07, 6.45) is 2.51. The number of carboxylic acid groups (broad SMARTS) is 1. The second kappa shape index (κ2) is 5.25. The predicted octanol–water partition coefficient (Wildman–Crippen LogP) is 1.39. The summed E-state index contributed by atoms with van der Waals surface area (Å²) in [6, 6.07) is 3.62. The van der Waals surface area contributed by atoms with E-state index in [1.807, 2.05) is 13.0 Å². The van der Waals surface area contributed by atoms with Crippen LogP contribution in [0.3, 0.4) is 0 Å². The summed E-state index contributed by atoms with van der Waals surface area (Å²) in [5.41, 5.74) is 0. The quantitative estimate of drug-likeness (QED) is 0.877.